The van der Waals surface area contributed by atoms with Crippen molar-refractivity contribution >= 4 is 11.8 Å². The number of amides is 2. The molecule has 0 radical (unpaired) electrons. The highest BCUT2D eigenvalue weighted by atomic mass is 16.5. The summed E-state index contributed by atoms with van der Waals surface area (Å²) in [5.74, 6) is -0.306. The SMILES string of the molecule is Cc1ccccc1[C@@H]1[C@@H](C(=O)NC(C)(C)C(C)(C)C)OCC(=O)N1C. The van der Waals surface area contributed by atoms with Crippen LogP contribution in [0.3, 0.4) is 0 Å². The van der Waals surface area contributed by atoms with Crippen molar-refractivity contribution in [1.29, 1.82) is 0 Å². The number of ether oxygens (including phenoxy) is 1. The van der Waals surface area contributed by atoms with Crippen LogP contribution >= 0.6 is 0 Å². The number of carbonyl (C=O) groups is 2. The van der Waals surface area contributed by atoms with Gasteiger partial charge in [0.15, 0.2) is 6.10 Å². The molecule has 2 amide bonds. The Morgan fingerprint density at radius 3 is 2.36 bits per heavy atom. The van der Waals surface area contributed by atoms with Gasteiger partial charge in [0, 0.05) is 12.6 Å². The smallest absolute Gasteiger partial charge is 0.252 e. The predicted molar refractivity (Wildman–Crippen MR) is 98.1 cm³/mol. The minimum absolute atomic E-state index is 0.0765. The van der Waals surface area contributed by atoms with Crippen LogP contribution < -0.4 is 5.32 Å². The number of hydrogen-bond donors (Lipinski definition) is 1. The molecule has 0 aromatic heterocycles. The van der Waals surface area contributed by atoms with E-state index in [1.54, 1.807) is 11.9 Å². The fourth-order valence-electron chi connectivity index (χ4n) is 2.79. The highest BCUT2D eigenvalue weighted by molar-refractivity contribution is 5.86. The van der Waals surface area contributed by atoms with E-state index in [1.807, 2.05) is 45.0 Å². The molecule has 1 heterocycles. The number of carbonyl (C=O) groups excluding carboxylic acids is 2. The molecule has 2 rings (SSSR count). The molecular formula is C20H30N2O3. The summed E-state index contributed by atoms with van der Waals surface area (Å²) >= 11 is 0. The van der Waals surface area contributed by atoms with Crippen LogP contribution in [-0.4, -0.2) is 42.0 Å². The third kappa shape index (κ3) is 3.87. The van der Waals surface area contributed by atoms with Gasteiger partial charge in [-0.25, -0.2) is 0 Å². The van der Waals surface area contributed by atoms with Crippen molar-refractivity contribution in [3.63, 3.8) is 0 Å². The lowest BCUT2D eigenvalue weighted by atomic mass is 9.76. The highest BCUT2D eigenvalue weighted by Gasteiger charge is 2.43. The lowest BCUT2D eigenvalue weighted by molar-refractivity contribution is -0.163. The van der Waals surface area contributed by atoms with Crippen LogP contribution in [0.5, 0.6) is 0 Å². The molecule has 1 aliphatic rings. The molecule has 5 heteroatoms. The van der Waals surface area contributed by atoms with Crippen LogP contribution in [0.15, 0.2) is 24.3 Å². The molecule has 1 fully saturated rings. The molecule has 2 atom stereocenters. The molecule has 1 aliphatic heterocycles. The summed E-state index contributed by atoms with van der Waals surface area (Å²) < 4.78 is 5.70. The van der Waals surface area contributed by atoms with Gasteiger partial charge in [-0.05, 0) is 37.3 Å². The number of nitrogens with zero attached hydrogens (tertiary/aromatic N) is 1. The summed E-state index contributed by atoms with van der Waals surface area (Å²) in [4.78, 5) is 26.8. The second-order valence-electron chi connectivity index (χ2n) is 8.40. The predicted octanol–water partition coefficient (Wildman–Crippen LogP) is 2.83. The quantitative estimate of drug-likeness (QED) is 0.915. The van der Waals surface area contributed by atoms with Gasteiger partial charge in [0.05, 0.1) is 6.04 Å². The van der Waals surface area contributed by atoms with Crippen molar-refractivity contribution in [2.45, 2.75) is 59.2 Å². The maximum Gasteiger partial charge on any atom is 0.252 e. The van der Waals surface area contributed by atoms with Crippen LogP contribution in [-0.2, 0) is 14.3 Å². The molecule has 0 unspecified atom stereocenters. The number of nitrogens with one attached hydrogen (secondary N) is 1. The topological polar surface area (TPSA) is 58.6 Å². The first-order chi connectivity index (χ1) is 11.5. The van der Waals surface area contributed by atoms with E-state index < -0.39 is 17.7 Å². The first-order valence-electron chi connectivity index (χ1n) is 8.70. The van der Waals surface area contributed by atoms with E-state index in [1.165, 1.54) is 0 Å². The Morgan fingerprint density at radius 2 is 1.80 bits per heavy atom. The zero-order valence-corrected chi connectivity index (χ0v) is 16.3. The van der Waals surface area contributed by atoms with Gasteiger partial charge < -0.3 is 15.0 Å². The maximum atomic E-state index is 13.0. The highest BCUT2D eigenvalue weighted by Crippen LogP contribution is 2.33. The average molecular weight is 346 g/mol. The molecule has 0 spiro atoms. The van der Waals surface area contributed by atoms with Crippen molar-refractivity contribution in [2.75, 3.05) is 13.7 Å². The van der Waals surface area contributed by atoms with Crippen molar-refractivity contribution < 1.29 is 14.3 Å². The number of rotatable bonds is 3. The van der Waals surface area contributed by atoms with E-state index in [0.29, 0.717) is 0 Å². The molecular weight excluding hydrogens is 316 g/mol. The molecule has 5 nitrogen and oxygen atoms in total. The fraction of sp³-hybridized carbons (Fsp3) is 0.600. The minimum atomic E-state index is -0.731. The Balaban J connectivity index is 2.35. The summed E-state index contributed by atoms with van der Waals surface area (Å²) in [5.41, 5.74) is 1.44. The largest absolute Gasteiger partial charge is 0.356 e. The van der Waals surface area contributed by atoms with E-state index in [4.69, 9.17) is 4.74 Å². The summed E-state index contributed by atoms with van der Waals surface area (Å²) in [6.07, 6.45) is -0.731. The zero-order valence-electron chi connectivity index (χ0n) is 16.3. The Bertz CT molecular complexity index is 661. The molecule has 138 valence electrons. The second-order valence-corrected chi connectivity index (χ2v) is 8.40. The van der Waals surface area contributed by atoms with Crippen LogP contribution in [0.1, 0.15) is 51.8 Å². The lowest BCUT2D eigenvalue weighted by Crippen LogP contribution is -2.59. The van der Waals surface area contributed by atoms with Crippen molar-refractivity contribution in [1.82, 2.24) is 10.2 Å². The van der Waals surface area contributed by atoms with E-state index in [2.05, 4.69) is 26.1 Å². The monoisotopic (exact) mass is 346 g/mol. The average Bonchev–Trinajstić information content (AvgIpc) is 2.49. The zero-order chi connectivity index (χ0) is 19.0. The van der Waals surface area contributed by atoms with Crippen molar-refractivity contribution in [3.8, 4) is 0 Å². The molecule has 0 aliphatic carbocycles. The summed E-state index contributed by atoms with van der Waals surface area (Å²) in [5, 5.41) is 3.12. The van der Waals surface area contributed by atoms with Gasteiger partial charge in [0.1, 0.15) is 6.61 Å². The normalized spacial score (nSPS) is 22.0. The van der Waals surface area contributed by atoms with Crippen LogP contribution in [0.4, 0.5) is 0 Å². The number of morpholine rings is 1. The van der Waals surface area contributed by atoms with E-state index >= 15 is 0 Å². The van der Waals surface area contributed by atoms with Gasteiger partial charge in [-0.15, -0.1) is 0 Å². The van der Waals surface area contributed by atoms with Gasteiger partial charge >= 0.3 is 0 Å². The van der Waals surface area contributed by atoms with Gasteiger partial charge in [-0.2, -0.15) is 0 Å². The number of benzene rings is 1. The minimum Gasteiger partial charge on any atom is -0.356 e. The summed E-state index contributed by atoms with van der Waals surface area (Å²) in [6, 6.07) is 7.37. The van der Waals surface area contributed by atoms with Gasteiger partial charge in [-0.1, -0.05) is 45.0 Å². The molecule has 25 heavy (non-hydrogen) atoms. The van der Waals surface area contributed by atoms with Crippen LogP contribution in [0.25, 0.3) is 0 Å². The molecule has 1 aromatic carbocycles. The fourth-order valence-corrected chi connectivity index (χ4v) is 2.79. The summed E-state index contributed by atoms with van der Waals surface area (Å²) in [7, 11) is 1.73. The first-order valence-corrected chi connectivity index (χ1v) is 8.70. The van der Waals surface area contributed by atoms with E-state index in [0.717, 1.165) is 11.1 Å². The van der Waals surface area contributed by atoms with Gasteiger partial charge in [0.25, 0.3) is 5.91 Å². The Kier molecular flexibility index (Phi) is 5.28. The first kappa shape index (κ1) is 19.4. The number of hydrogen-bond acceptors (Lipinski definition) is 3. The lowest BCUT2D eigenvalue weighted by Gasteiger charge is -2.43. The van der Waals surface area contributed by atoms with E-state index in [9.17, 15) is 9.59 Å². The van der Waals surface area contributed by atoms with Gasteiger partial charge in [-0.3, -0.25) is 9.59 Å². The Morgan fingerprint density at radius 1 is 1.20 bits per heavy atom. The molecule has 1 aromatic rings. The number of aryl methyl sites for hydroxylation is 1. The van der Waals surface area contributed by atoms with Gasteiger partial charge in [0.2, 0.25) is 5.91 Å². The van der Waals surface area contributed by atoms with E-state index in [-0.39, 0.29) is 23.8 Å². The van der Waals surface area contributed by atoms with Crippen LogP contribution in [0, 0.1) is 12.3 Å². The third-order valence-corrected chi connectivity index (χ3v) is 5.56. The molecule has 1 saturated heterocycles. The number of likely N-dealkylation sites (N-methyl/N-ethyl adjacent to an activating group) is 1. The van der Waals surface area contributed by atoms with Crippen LogP contribution in [0.2, 0.25) is 0 Å². The second kappa shape index (κ2) is 6.79. The van der Waals surface area contributed by atoms with Crippen molar-refractivity contribution in [3.05, 3.63) is 35.4 Å². The Labute approximate surface area is 150 Å². The standard InChI is InChI=1S/C20H30N2O3/c1-13-10-8-9-11-14(13)16-17(25-12-15(23)22(16)7)18(24)21-20(5,6)19(2,3)4/h8-11,16-17H,12H2,1-7H3,(H,21,24)/t16-,17+/m1/s1. The molecule has 0 bridgehead atoms. The summed E-state index contributed by atoms with van der Waals surface area (Å²) in [6.45, 7) is 12.2. The third-order valence-electron chi connectivity index (χ3n) is 5.56. The maximum absolute atomic E-state index is 13.0. The molecule has 1 N–H and O–H groups in total. The van der Waals surface area contributed by atoms with Crippen molar-refractivity contribution in [2.24, 2.45) is 5.41 Å². The molecule has 0 saturated carbocycles. The Hall–Kier alpha value is -1.88.